The zero-order valence-electron chi connectivity index (χ0n) is 20.3. The number of nitrogens with one attached hydrogen (secondary N) is 2. The van der Waals surface area contributed by atoms with Crippen LogP contribution in [-0.4, -0.2) is 37.2 Å². The van der Waals surface area contributed by atoms with Gasteiger partial charge in [-0.05, 0) is 85.6 Å². The number of hydrogen-bond donors (Lipinski definition) is 2. The summed E-state index contributed by atoms with van der Waals surface area (Å²) in [5, 5.41) is 6.75. The number of hydrazone groups is 1. The molecular formula is C27H26ClN3O6. The van der Waals surface area contributed by atoms with Crippen molar-refractivity contribution in [3.8, 4) is 17.2 Å². The third-order valence-corrected chi connectivity index (χ3v) is 4.97. The Kier molecular flexibility index (Phi) is 10.0. The van der Waals surface area contributed by atoms with E-state index in [9.17, 15) is 14.4 Å². The molecule has 0 unspecified atom stereocenters. The van der Waals surface area contributed by atoms with E-state index < -0.39 is 17.8 Å². The van der Waals surface area contributed by atoms with Crippen LogP contribution < -0.4 is 25.0 Å². The molecule has 0 aliphatic heterocycles. The van der Waals surface area contributed by atoms with Gasteiger partial charge in [0.25, 0.3) is 0 Å². The number of ether oxygens (including phenoxy) is 3. The Labute approximate surface area is 219 Å². The van der Waals surface area contributed by atoms with Crippen LogP contribution >= 0.6 is 11.6 Å². The van der Waals surface area contributed by atoms with Gasteiger partial charge >= 0.3 is 17.8 Å². The van der Waals surface area contributed by atoms with Crippen molar-refractivity contribution in [3.05, 3.63) is 82.9 Å². The van der Waals surface area contributed by atoms with Crippen LogP contribution in [0.1, 0.15) is 36.2 Å². The normalized spacial score (nSPS) is 10.6. The van der Waals surface area contributed by atoms with Crippen molar-refractivity contribution in [3.63, 3.8) is 0 Å². The van der Waals surface area contributed by atoms with Crippen molar-refractivity contribution < 1.29 is 28.6 Å². The van der Waals surface area contributed by atoms with Crippen molar-refractivity contribution in [2.45, 2.75) is 20.3 Å². The lowest BCUT2D eigenvalue weighted by atomic mass is 10.2. The van der Waals surface area contributed by atoms with Gasteiger partial charge in [-0.25, -0.2) is 10.2 Å². The number of benzene rings is 3. The summed E-state index contributed by atoms with van der Waals surface area (Å²) in [6.07, 6.45) is 2.22. The molecule has 3 aromatic rings. The second kappa shape index (κ2) is 13.6. The Morgan fingerprint density at radius 2 is 1.62 bits per heavy atom. The van der Waals surface area contributed by atoms with Gasteiger partial charge in [0, 0.05) is 10.7 Å². The van der Waals surface area contributed by atoms with Gasteiger partial charge in [-0.2, -0.15) is 5.10 Å². The molecule has 2 amide bonds. The highest BCUT2D eigenvalue weighted by molar-refractivity contribution is 6.39. The maximum absolute atomic E-state index is 12.6. The van der Waals surface area contributed by atoms with Gasteiger partial charge in [0.2, 0.25) is 0 Å². The Balaban J connectivity index is 1.60. The van der Waals surface area contributed by atoms with Crippen LogP contribution in [0.4, 0.5) is 5.69 Å². The van der Waals surface area contributed by atoms with E-state index in [0.717, 1.165) is 6.42 Å². The zero-order chi connectivity index (χ0) is 26.6. The van der Waals surface area contributed by atoms with Gasteiger partial charge in [0.1, 0.15) is 5.75 Å². The summed E-state index contributed by atoms with van der Waals surface area (Å²) in [5.41, 5.74) is 3.47. The van der Waals surface area contributed by atoms with Crippen molar-refractivity contribution in [1.82, 2.24) is 5.43 Å². The number of carbonyl (C=O) groups excluding carboxylic acids is 3. The number of halogens is 1. The molecule has 0 aromatic heterocycles. The summed E-state index contributed by atoms with van der Waals surface area (Å²) in [6, 6.07) is 17.7. The summed E-state index contributed by atoms with van der Waals surface area (Å²) in [5.74, 6) is -1.18. The summed E-state index contributed by atoms with van der Waals surface area (Å²) >= 11 is 5.80. The SMILES string of the molecule is CCCOc1ccc(C(=O)Oc2ccc(/C=N/NC(=O)C(=O)Nc3ccc(Cl)cc3)cc2OCC)cc1. The molecule has 0 spiro atoms. The van der Waals surface area contributed by atoms with Gasteiger partial charge in [-0.1, -0.05) is 18.5 Å². The van der Waals surface area contributed by atoms with Gasteiger partial charge in [-0.15, -0.1) is 0 Å². The molecular weight excluding hydrogens is 498 g/mol. The fourth-order valence-electron chi connectivity index (χ4n) is 2.96. The molecule has 0 fully saturated rings. The van der Waals surface area contributed by atoms with Crippen molar-refractivity contribution in [2.75, 3.05) is 18.5 Å². The fourth-order valence-corrected chi connectivity index (χ4v) is 3.09. The molecule has 0 atom stereocenters. The lowest BCUT2D eigenvalue weighted by molar-refractivity contribution is -0.136. The topological polar surface area (TPSA) is 115 Å². The van der Waals surface area contributed by atoms with Crippen molar-refractivity contribution in [2.24, 2.45) is 5.10 Å². The second-order valence-electron chi connectivity index (χ2n) is 7.56. The van der Waals surface area contributed by atoms with Crippen LogP contribution in [0.15, 0.2) is 71.8 Å². The second-order valence-corrected chi connectivity index (χ2v) is 8.00. The lowest BCUT2D eigenvalue weighted by Crippen LogP contribution is -2.32. The third-order valence-electron chi connectivity index (χ3n) is 4.72. The van der Waals surface area contributed by atoms with E-state index >= 15 is 0 Å². The average Bonchev–Trinajstić information content (AvgIpc) is 2.90. The van der Waals surface area contributed by atoms with Crippen LogP contribution in [0.3, 0.4) is 0 Å². The molecule has 2 N–H and O–H groups in total. The van der Waals surface area contributed by atoms with Crippen LogP contribution in [-0.2, 0) is 9.59 Å². The van der Waals surface area contributed by atoms with E-state index in [4.69, 9.17) is 25.8 Å². The van der Waals surface area contributed by atoms with Crippen LogP contribution in [0.2, 0.25) is 5.02 Å². The third kappa shape index (κ3) is 8.36. The molecule has 192 valence electrons. The van der Waals surface area contributed by atoms with E-state index in [1.807, 2.05) is 6.92 Å². The van der Waals surface area contributed by atoms with Crippen LogP contribution in [0.25, 0.3) is 0 Å². The van der Waals surface area contributed by atoms with Crippen molar-refractivity contribution in [1.29, 1.82) is 0 Å². The van der Waals surface area contributed by atoms with E-state index in [1.165, 1.54) is 6.21 Å². The Bertz CT molecular complexity index is 1260. The van der Waals surface area contributed by atoms with Crippen LogP contribution in [0.5, 0.6) is 17.2 Å². The molecule has 0 saturated carbocycles. The molecule has 3 rings (SSSR count). The molecule has 9 nitrogen and oxygen atoms in total. The predicted octanol–water partition coefficient (Wildman–Crippen LogP) is 4.84. The zero-order valence-corrected chi connectivity index (χ0v) is 21.1. The fraction of sp³-hybridized carbons (Fsp3) is 0.185. The summed E-state index contributed by atoms with van der Waals surface area (Å²) in [7, 11) is 0. The minimum absolute atomic E-state index is 0.224. The summed E-state index contributed by atoms with van der Waals surface area (Å²) < 4.78 is 16.6. The highest BCUT2D eigenvalue weighted by atomic mass is 35.5. The first-order valence-corrected chi connectivity index (χ1v) is 11.9. The predicted molar refractivity (Wildman–Crippen MR) is 141 cm³/mol. The van der Waals surface area contributed by atoms with E-state index in [-0.39, 0.29) is 5.75 Å². The first-order valence-electron chi connectivity index (χ1n) is 11.5. The Morgan fingerprint density at radius 1 is 0.892 bits per heavy atom. The molecule has 0 radical (unpaired) electrons. The first kappa shape index (κ1) is 27.2. The number of hydrogen-bond acceptors (Lipinski definition) is 7. The number of carbonyl (C=O) groups is 3. The highest BCUT2D eigenvalue weighted by Crippen LogP contribution is 2.29. The molecule has 0 saturated heterocycles. The monoisotopic (exact) mass is 523 g/mol. The van der Waals surface area contributed by atoms with Gasteiger partial charge in [0.15, 0.2) is 11.5 Å². The largest absolute Gasteiger partial charge is 0.494 e. The molecule has 0 heterocycles. The molecule has 0 bridgehead atoms. The number of rotatable bonds is 10. The average molecular weight is 524 g/mol. The molecule has 0 aliphatic carbocycles. The maximum Gasteiger partial charge on any atom is 0.343 e. The molecule has 37 heavy (non-hydrogen) atoms. The molecule has 3 aromatic carbocycles. The van der Waals surface area contributed by atoms with E-state index in [2.05, 4.69) is 15.8 Å². The van der Waals surface area contributed by atoms with Gasteiger partial charge in [0.05, 0.1) is 25.0 Å². The number of nitrogens with zero attached hydrogens (tertiary/aromatic N) is 1. The number of anilines is 1. The van der Waals surface area contributed by atoms with E-state index in [1.54, 1.807) is 73.7 Å². The Morgan fingerprint density at radius 3 is 2.30 bits per heavy atom. The van der Waals surface area contributed by atoms with Crippen LogP contribution in [0, 0.1) is 0 Å². The quantitative estimate of drug-likeness (QED) is 0.129. The number of esters is 1. The minimum atomic E-state index is -0.951. The van der Waals surface area contributed by atoms with Gasteiger partial charge in [-0.3, -0.25) is 9.59 Å². The molecule has 10 heteroatoms. The summed E-state index contributed by atoms with van der Waals surface area (Å²) in [6.45, 7) is 4.73. The molecule has 0 aliphatic rings. The first-order chi connectivity index (χ1) is 17.9. The highest BCUT2D eigenvalue weighted by Gasteiger charge is 2.15. The maximum atomic E-state index is 12.6. The number of amides is 2. The minimum Gasteiger partial charge on any atom is -0.494 e. The standard InChI is InChI=1S/C27H26ClN3O6/c1-3-15-36-22-12-6-19(7-13-22)27(34)37-23-14-5-18(16-24(23)35-4-2)17-29-31-26(33)25(32)30-21-10-8-20(28)9-11-21/h5-14,16-17H,3-4,15H2,1-2H3,(H,30,32)(H,31,33)/b29-17+. The Hall–Kier alpha value is -4.37. The van der Waals surface area contributed by atoms with Gasteiger partial charge < -0.3 is 19.5 Å². The lowest BCUT2D eigenvalue weighted by Gasteiger charge is -2.12. The smallest absolute Gasteiger partial charge is 0.343 e. The van der Waals surface area contributed by atoms with Crippen molar-refractivity contribution >= 4 is 41.3 Å². The summed E-state index contributed by atoms with van der Waals surface area (Å²) in [4.78, 5) is 36.6. The van der Waals surface area contributed by atoms with E-state index in [0.29, 0.717) is 46.5 Å².